The number of hydrogen-bond acceptors (Lipinski definition) is 4. The van der Waals surface area contributed by atoms with Crippen LogP contribution in [-0.4, -0.2) is 17.1 Å². The summed E-state index contributed by atoms with van der Waals surface area (Å²) >= 11 is 2.19. The Labute approximate surface area is 132 Å². The van der Waals surface area contributed by atoms with E-state index in [9.17, 15) is 0 Å². The summed E-state index contributed by atoms with van der Waals surface area (Å²) < 4.78 is 6.36. The van der Waals surface area contributed by atoms with E-state index in [1.807, 2.05) is 30.3 Å². The van der Waals surface area contributed by atoms with Crippen molar-refractivity contribution in [1.82, 2.24) is 9.97 Å². The molecule has 0 fully saturated rings. The van der Waals surface area contributed by atoms with E-state index >= 15 is 0 Å². The van der Waals surface area contributed by atoms with Crippen molar-refractivity contribution in [3.8, 4) is 11.3 Å². The number of nitrogens with zero attached hydrogens (tertiary/aromatic N) is 2. The summed E-state index contributed by atoms with van der Waals surface area (Å²) in [5.41, 5.74) is 7.94. The fourth-order valence-corrected chi connectivity index (χ4v) is 2.58. The molecule has 2 N–H and O–H groups in total. The summed E-state index contributed by atoms with van der Waals surface area (Å²) in [7, 11) is 1.68. The average molecular weight is 383 g/mol. The number of halogens is 1. The quantitative estimate of drug-likeness (QED) is 0.798. The van der Waals surface area contributed by atoms with Crippen LogP contribution in [0.5, 0.6) is 0 Å². The number of hydrogen-bond donors (Lipinski definition) is 1. The Hall–Kier alpha value is -1.21. The number of rotatable bonds is 5. The maximum atomic E-state index is 6.03. The summed E-state index contributed by atoms with van der Waals surface area (Å²) in [4.78, 5) is 9.05. The Morgan fingerprint density at radius 1 is 1.25 bits per heavy atom. The molecule has 0 radical (unpaired) electrons. The molecule has 0 aliphatic heterocycles. The highest BCUT2D eigenvalue weighted by Crippen LogP contribution is 2.29. The van der Waals surface area contributed by atoms with Crippen LogP contribution in [0.4, 0.5) is 5.82 Å². The van der Waals surface area contributed by atoms with Gasteiger partial charge in [0.05, 0.1) is 9.26 Å². The van der Waals surface area contributed by atoms with Gasteiger partial charge in [-0.15, -0.1) is 0 Å². The molecule has 5 heteroatoms. The standard InChI is InChI=1S/C15H18IN3O/c1-3-7-11(20-2)15-18-13(12(16)14(17)19-15)10-8-5-4-6-9-10/h4-6,8-9,11H,3,7H2,1-2H3,(H2,17,18,19). The third kappa shape index (κ3) is 3.27. The number of nitrogen functional groups attached to an aromatic ring is 1. The minimum Gasteiger partial charge on any atom is -0.383 e. The lowest BCUT2D eigenvalue weighted by atomic mass is 10.1. The van der Waals surface area contributed by atoms with E-state index in [1.165, 1.54) is 0 Å². The molecule has 0 aliphatic carbocycles. The molecule has 20 heavy (non-hydrogen) atoms. The van der Waals surface area contributed by atoms with E-state index < -0.39 is 0 Å². The number of aromatic nitrogens is 2. The van der Waals surface area contributed by atoms with Gasteiger partial charge in [-0.25, -0.2) is 9.97 Å². The minimum absolute atomic E-state index is 0.109. The molecule has 0 amide bonds. The van der Waals surface area contributed by atoms with Crippen molar-refractivity contribution in [2.75, 3.05) is 12.8 Å². The molecule has 4 nitrogen and oxygen atoms in total. The zero-order valence-corrected chi connectivity index (χ0v) is 13.8. The highest BCUT2D eigenvalue weighted by molar-refractivity contribution is 14.1. The third-order valence-corrected chi connectivity index (χ3v) is 4.13. The van der Waals surface area contributed by atoms with Crippen molar-refractivity contribution >= 4 is 28.4 Å². The number of nitrogens with two attached hydrogens (primary N) is 1. The summed E-state index contributed by atoms with van der Waals surface area (Å²) in [6.45, 7) is 2.11. The van der Waals surface area contributed by atoms with Gasteiger partial charge < -0.3 is 10.5 Å². The first kappa shape index (κ1) is 15.2. The lowest BCUT2D eigenvalue weighted by Gasteiger charge is -2.15. The van der Waals surface area contributed by atoms with Gasteiger partial charge in [0.15, 0.2) is 5.82 Å². The van der Waals surface area contributed by atoms with Gasteiger partial charge in [-0.1, -0.05) is 43.7 Å². The SMILES string of the molecule is CCCC(OC)c1nc(N)c(I)c(-c2ccccc2)n1. The van der Waals surface area contributed by atoms with Gasteiger partial charge in [-0.3, -0.25) is 0 Å². The van der Waals surface area contributed by atoms with Crippen molar-refractivity contribution in [2.24, 2.45) is 0 Å². The fraction of sp³-hybridized carbons (Fsp3) is 0.333. The summed E-state index contributed by atoms with van der Waals surface area (Å²) in [5.74, 6) is 1.17. The second kappa shape index (κ2) is 6.99. The van der Waals surface area contributed by atoms with Crippen molar-refractivity contribution in [3.05, 3.63) is 39.7 Å². The molecule has 0 aliphatic rings. The van der Waals surface area contributed by atoms with Gasteiger partial charge in [0.2, 0.25) is 0 Å². The van der Waals surface area contributed by atoms with Crippen molar-refractivity contribution in [2.45, 2.75) is 25.9 Å². The van der Waals surface area contributed by atoms with Crippen LogP contribution in [-0.2, 0) is 4.74 Å². The maximum Gasteiger partial charge on any atom is 0.160 e. The molecule has 0 spiro atoms. The highest BCUT2D eigenvalue weighted by atomic mass is 127. The molecule has 0 saturated heterocycles. The normalized spacial score (nSPS) is 12.3. The van der Waals surface area contributed by atoms with Crippen LogP contribution in [0.1, 0.15) is 31.7 Å². The molecule has 2 rings (SSSR count). The Bertz CT molecular complexity index is 575. The van der Waals surface area contributed by atoms with E-state index in [2.05, 4.69) is 39.5 Å². The molecular formula is C15H18IN3O. The Morgan fingerprint density at radius 2 is 1.95 bits per heavy atom. The van der Waals surface area contributed by atoms with Crippen molar-refractivity contribution in [3.63, 3.8) is 0 Å². The minimum atomic E-state index is -0.109. The zero-order chi connectivity index (χ0) is 14.5. The molecule has 2 aromatic rings. The zero-order valence-electron chi connectivity index (χ0n) is 11.6. The Balaban J connectivity index is 2.50. The van der Waals surface area contributed by atoms with Gasteiger partial charge in [-0.05, 0) is 29.0 Å². The van der Waals surface area contributed by atoms with Gasteiger partial charge >= 0.3 is 0 Å². The first-order chi connectivity index (χ1) is 9.67. The molecule has 106 valence electrons. The first-order valence-electron chi connectivity index (χ1n) is 6.58. The Kier molecular flexibility index (Phi) is 5.31. The third-order valence-electron chi connectivity index (χ3n) is 3.06. The first-order valence-corrected chi connectivity index (χ1v) is 7.66. The van der Waals surface area contributed by atoms with E-state index in [0.29, 0.717) is 11.6 Å². The van der Waals surface area contributed by atoms with Gasteiger partial charge in [-0.2, -0.15) is 0 Å². The van der Waals surface area contributed by atoms with E-state index in [4.69, 9.17) is 10.5 Å². The van der Waals surface area contributed by atoms with Crippen LogP contribution in [0.2, 0.25) is 0 Å². The smallest absolute Gasteiger partial charge is 0.160 e. The van der Waals surface area contributed by atoms with Crippen molar-refractivity contribution in [1.29, 1.82) is 0 Å². The number of ether oxygens (including phenoxy) is 1. The van der Waals surface area contributed by atoms with E-state index in [0.717, 1.165) is 27.7 Å². The van der Waals surface area contributed by atoms with Crippen LogP contribution in [0.25, 0.3) is 11.3 Å². The molecule has 1 unspecified atom stereocenters. The molecule has 1 heterocycles. The molecule has 0 bridgehead atoms. The molecule has 1 atom stereocenters. The van der Waals surface area contributed by atoms with Gasteiger partial charge in [0.1, 0.15) is 11.9 Å². The van der Waals surface area contributed by atoms with Crippen LogP contribution in [0, 0.1) is 3.57 Å². The second-order valence-electron chi connectivity index (χ2n) is 4.51. The van der Waals surface area contributed by atoms with Crippen LogP contribution in [0.3, 0.4) is 0 Å². The Morgan fingerprint density at radius 3 is 2.55 bits per heavy atom. The number of anilines is 1. The van der Waals surface area contributed by atoms with Gasteiger partial charge in [0, 0.05) is 12.7 Å². The molecular weight excluding hydrogens is 365 g/mol. The second-order valence-corrected chi connectivity index (χ2v) is 5.59. The van der Waals surface area contributed by atoms with E-state index in [1.54, 1.807) is 7.11 Å². The summed E-state index contributed by atoms with van der Waals surface area (Å²) in [6.07, 6.45) is 1.78. The predicted octanol–water partition coefficient (Wildman–Crippen LogP) is 3.82. The van der Waals surface area contributed by atoms with Crippen LogP contribution in [0.15, 0.2) is 30.3 Å². The van der Waals surface area contributed by atoms with Crippen LogP contribution < -0.4 is 5.73 Å². The molecule has 1 aromatic carbocycles. The fourth-order valence-electron chi connectivity index (χ4n) is 2.03. The average Bonchev–Trinajstić information content (AvgIpc) is 2.48. The maximum absolute atomic E-state index is 6.03. The number of benzene rings is 1. The monoisotopic (exact) mass is 383 g/mol. The van der Waals surface area contributed by atoms with Gasteiger partial charge in [0.25, 0.3) is 0 Å². The predicted molar refractivity (Wildman–Crippen MR) is 89.3 cm³/mol. The lowest BCUT2D eigenvalue weighted by molar-refractivity contribution is 0.0878. The largest absolute Gasteiger partial charge is 0.383 e. The van der Waals surface area contributed by atoms with Crippen molar-refractivity contribution < 1.29 is 4.74 Å². The summed E-state index contributed by atoms with van der Waals surface area (Å²) in [6, 6.07) is 10.0. The topological polar surface area (TPSA) is 61.0 Å². The van der Waals surface area contributed by atoms with Crippen LogP contribution >= 0.6 is 22.6 Å². The van der Waals surface area contributed by atoms with E-state index in [-0.39, 0.29) is 6.10 Å². The molecule has 1 aromatic heterocycles. The lowest BCUT2D eigenvalue weighted by Crippen LogP contribution is -2.11. The summed E-state index contributed by atoms with van der Waals surface area (Å²) in [5, 5.41) is 0. The highest BCUT2D eigenvalue weighted by Gasteiger charge is 2.18. The molecule has 0 saturated carbocycles. The number of methoxy groups -OCH3 is 1.